The molecule has 0 saturated carbocycles. The van der Waals surface area contributed by atoms with E-state index in [2.05, 4.69) is 10.6 Å². The van der Waals surface area contributed by atoms with Crippen LogP contribution in [0, 0.1) is 0 Å². The third kappa shape index (κ3) is 4.92. The van der Waals surface area contributed by atoms with Crippen molar-refractivity contribution in [2.45, 2.75) is 11.8 Å². The molecule has 1 amide bonds. The Kier molecular flexibility index (Phi) is 6.63. The summed E-state index contributed by atoms with van der Waals surface area (Å²) in [5, 5.41) is 5.50. The number of ether oxygens (including phenoxy) is 1. The van der Waals surface area contributed by atoms with E-state index in [1.807, 2.05) is 0 Å². The van der Waals surface area contributed by atoms with Gasteiger partial charge in [-0.25, -0.2) is 8.42 Å². The predicted molar refractivity (Wildman–Crippen MR) is 77.5 cm³/mol. The Morgan fingerprint density at radius 2 is 2.00 bits per heavy atom. The highest BCUT2D eigenvalue weighted by atomic mass is 32.2. The van der Waals surface area contributed by atoms with Crippen molar-refractivity contribution in [3.63, 3.8) is 0 Å². The van der Waals surface area contributed by atoms with Crippen molar-refractivity contribution in [2.24, 2.45) is 0 Å². The van der Waals surface area contributed by atoms with Gasteiger partial charge in [-0.2, -0.15) is 0 Å². The third-order valence-electron chi connectivity index (χ3n) is 2.64. The minimum atomic E-state index is -3.36. The number of sulfone groups is 1. The molecule has 0 aromatic heterocycles. The highest BCUT2D eigenvalue weighted by molar-refractivity contribution is 7.91. The second-order valence-electron chi connectivity index (χ2n) is 4.12. The van der Waals surface area contributed by atoms with Crippen molar-refractivity contribution >= 4 is 21.4 Å². The fraction of sp³-hybridized carbons (Fsp3) is 0.462. The summed E-state index contributed by atoms with van der Waals surface area (Å²) < 4.78 is 28.7. The molecule has 0 radical (unpaired) electrons. The van der Waals surface area contributed by atoms with Gasteiger partial charge < -0.3 is 15.4 Å². The molecule has 1 aromatic rings. The number of hydrogen-bond acceptors (Lipinski definition) is 5. The van der Waals surface area contributed by atoms with Gasteiger partial charge in [-0.05, 0) is 12.1 Å². The van der Waals surface area contributed by atoms with Gasteiger partial charge in [0.25, 0.3) is 0 Å². The van der Waals surface area contributed by atoms with Crippen LogP contribution < -0.4 is 10.6 Å². The molecule has 0 saturated heterocycles. The van der Waals surface area contributed by atoms with E-state index in [0.29, 0.717) is 18.8 Å². The van der Waals surface area contributed by atoms with Gasteiger partial charge in [0.05, 0.1) is 29.5 Å². The van der Waals surface area contributed by atoms with Crippen LogP contribution in [0.4, 0.5) is 5.69 Å². The van der Waals surface area contributed by atoms with Gasteiger partial charge in [0.2, 0.25) is 5.91 Å². The summed E-state index contributed by atoms with van der Waals surface area (Å²) in [4.78, 5) is 11.9. The molecule has 0 fully saturated rings. The minimum absolute atomic E-state index is 0.00796. The molecule has 0 unspecified atom stereocenters. The molecule has 7 heteroatoms. The Labute approximate surface area is 119 Å². The maximum absolute atomic E-state index is 11.9. The topological polar surface area (TPSA) is 84.5 Å². The Morgan fingerprint density at radius 1 is 1.30 bits per heavy atom. The maximum Gasteiger partial charge on any atom is 0.238 e. The van der Waals surface area contributed by atoms with Crippen LogP contribution >= 0.6 is 0 Å². The average Bonchev–Trinajstić information content (AvgIpc) is 2.44. The molecule has 0 bridgehead atoms. The van der Waals surface area contributed by atoms with Crippen LogP contribution in [-0.4, -0.2) is 46.9 Å². The molecule has 0 aliphatic heterocycles. The van der Waals surface area contributed by atoms with Crippen molar-refractivity contribution in [1.29, 1.82) is 0 Å². The molecule has 0 atom stereocenters. The molecule has 0 aliphatic carbocycles. The van der Waals surface area contributed by atoms with E-state index >= 15 is 0 Å². The zero-order chi connectivity index (χ0) is 15.0. The van der Waals surface area contributed by atoms with Crippen LogP contribution in [0.5, 0.6) is 0 Å². The summed E-state index contributed by atoms with van der Waals surface area (Å²) in [6.45, 7) is 2.73. The van der Waals surface area contributed by atoms with E-state index in [1.54, 1.807) is 32.2 Å². The Bertz CT molecular complexity index is 543. The first kappa shape index (κ1) is 16.6. The van der Waals surface area contributed by atoms with Crippen LogP contribution in [0.15, 0.2) is 29.2 Å². The molecule has 0 spiro atoms. The monoisotopic (exact) mass is 300 g/mol. The van der Waals surface area contributed by atoms with Gasteiger partial charge in [0.1, 0.15) is 0 Å². The van der Waals surface area contributed by atoms with Crippen molar-refractivity contribution in [1.82, 2.24) is 5.32 Å². The number of nitrogens with one attached hydrogen (secondary N) is 2. The second-order valence-corrected chi connectivity index (χ2v) is 6.36. The maximum atomic E-state index is 11.9. The van der Waals surface area contributed by atoms with Gasteiger partial charge in [0.15, 0.2) is 9.84 Å². The lowest BCUT2D eigenvalue weighted by Gasteiger charge is -2.11. The molecule has 112 valence electrons. The number of para-hydroxylation sites is 1. The Morgan fingerprint density at radius 3 is 2.65 bits per heavy atom. The van der Waals surface area contributed by atoms with Crippen molar-refractivity contribution in [3.8, 4) is 0 Å². The summed E-state index contributed by atoms with van der Waals surface area (Å²) in [5.74, 6) is -0.300. The smallest absolute Gasteiger partial charge is 0.238 e. The van der Waals surface area contributed by atoms with Crippen LogP contribution in [0.2, 0.25) is 0 Å². The molecular formula is C13H20N2O4S. The Balaban J connectivity index is 2.71. The van der Waals surface area contributed by atoms with Crippen molar-refractivity contribution in [3.05, 3.63) is 24.3 Å². The van der Waals surface area contributed by atoms with E-state index in [1.165, 1.54) is 6.07 Å². The first-order valence-corrected chi connectivity index (χ1v) is 7.97. The van der Waals surface area contributed by atoms with Crippen LogP contribution in [0.25, 0.3) is 0 Å². The van der Waals surface area contributed by atoms with E-state index in [-0.39, 0.29) is 23.1 Å². The van der Waals surface area contributed by atoms with E-state index < -0.39 is 9.84 Å². The summed E-state index contributed by atoms with van der Waals surface area (Å²) >= 11 is 0. The summed E-state index contributed by atoms with van der Waals surface area (Å²) in [6.07, 6.45) is 0. The number of amides is 1. The lowest BCUT2D eigenvalue weighted by Crippen LogP contribution is -2.30. The van der Waals surface area contributed by atoms with E-state index in [4.69, 9.17) is 4.74 Å². The number of rotatable bonds is 8. The molecule has 0 heterocycles. The van der Waals surface area contributed by atoms with Crippen molar-refractivity contribution in [2.75, 3.05) is 37.9 Å². The highest BCUT2D eigenvalue weighted by Gasteiger charge is 2.17. The number of hydrogen-bond donors (Lipinski definition) is 2. The number of benzene rings is 1. The largest absolute Gasteiger partial charge is 0.383 e. The van der Waals surface area contributed by atoms with Gasteiger partial charge in [0, 0.05) is 13.7 Å². The van der Waals surface area contributed by atoms with Crippen molar-refractivity contribution < 1.29 is 17.9 Å². The van der Waals surface area contributed by atoms with E-state index in [0.717, 1.165) is 0 Å². The average molecular weight is 300 g/mol. The SMILES string of the molecule is CCS(=O)(=O)c1ccccc1NC(=O)CNCCOC. The molecule has 1 rings (SSSR count). The fourth-order valence-corrected chi connectivity index (χ4v) is 2.62. The number of carbonyl (C=O) groups excluding carboxylic acids is 1. The molecular weight excluding hydrogens is 280 g/mol. The van der Waals surface area contributed by atoms with Crippen LogP contribution in [0.3, 0.4) is 0 Å². The molecule has 2 N–H and O–H groups in total. The van der Waals surface area contributed by atoms with Gasteiger partial charge in [-0.3, -0.25) is 4.79 Å². The van der Waals surface area contributed by atoms with E-state index in [9.17, 15) is 13.2 Å². The number of carbonyl (C=O) groups is 1. The molecule has 6 nitrogen and oxygen atoms in total. The lowest BCUT2D eigenvalue weighted by molar-refractivity contribution is -0.115. The highest BCUT2D eigenvalue weighted by Crippen LogP contribution is 2.21. The number of anilines is 1. The Hall–Kier alpha value is -1.44. The standard InChI is InChI=1S/C13H20N2O4S/c1-3-20(17,18)12-7-5-4-6-11(12)15-13(16)10-14-8-9-19-2/h4-7,14H,3,8-10H2,1-2H3,(H,15,16). The quantitative estimate of drug-likeness (QED) is 0.689. The second kappa shape index (κ2) is 7.98. The van der Waals surface area contributed by atoms with Gasteiger partial charge in [-0.15, -0.1) is 0 Å². The summed E-state index contributed by atoms with van der Waals surface area (Å²) in [7, 11) is -1.78. The fourth-order valence-electron chi connectivity index (χ4n) is 1.57. The van der Waals surface area contributed by atoms with Gasteiger partial charge in [-0.1, -0.05) is 19.1 Å². The molecule has 1 aromatic carbocycles. The molecule has 20 heavy (non-hydrogen) atoms. The lowest BCUT2D eigenvalue weighted by atomic mass is 10.3. The zero-order valence-electron chi connectivity index (χ0n) is 11.7. The predicted octanol–water partition coefficient (Wildman–Crippen LogP) is 0.655. The molecule has 0 aliphatic rings. The third-order valence-corrected chi connectivity index (χ3v) is 4.43. The van der Waals surface area contributed by atoms with Crippen LogP contribution in [-0.2, 0) is 19.4 Å². The van der Waals surface area contributed by atoms with Gasteiger partial charge >= 0.3 is 0 Å². The zero-order valence-corrected chi connectivity index (χ0v) is 12.5. The minimum Gasteiger partial charge on any atom is -0.383 e. The number of methoxy groups -OCH3 is 1. The normalized spacial score (nSPS) is 11.3. The van der Waals surface area contributed by atoms with Crippen LogP contribution in [0.1, 0.15) is 6.92 Å². The summed E-state index contributed by atoms with van der Waals surface area (Å²) in [6, 6.07) is 6.39. The first-order chi connectivity index (χ1) is 9.51. The first-order valence-electron chi connectivity index (χ1n) is 6.32. The summed E-state index contributed by atoms with van der Waals surface area (Å²) in [5.41, 5.74) is 0.313.